The van der Waals surface area contributed by atoms with Crippen molar-refractivity contribution < 1.29 is 19.0 Å². The van der Waals surface area contributed by atoms with E-state index in [1.54, 1.807) is 6.07 Å². The van der Waals surface area contributed by atoms with Crippen LogP contribution in [0.25, 0.3) is 16.7 Å². The van der Waals surface area contributed by atoms with Gasteiger partial charge in [0.15, 0.2) is 11.5 Å². The van der Waals surface area contributed by atoms with Crippen molar-refractivity contribution in [1.82, 2.24) is 24.3 Å². The highest BCUT2D eigenvalue weighted by Crippen LogP contribution is 2.32. The maximum absolute atomic E-state index is 12.7. The second-order valence-electron chi connectivity index (χ2n) is 6.89. The minimum absolute atomic E-state index is 0.158. The van der Waals surface area contributed by atoms with Crippen molar-refractivity contribution in [1.29, 1.82) is 0 Å². The molecule has 4 heterocycles. The van der Waals surface area contributed by atoms with E-state index in [9.17, 15) is 9.59 Å². The predicted octanol–water partition coefficient (Wildman–Crippen LogP) is 1.22. The average molecular weight is 454 g/mol. The SMILES string of the molecule is COCC(=O)Nn1ccc2c(cnc3nc(SCc4ccc5c(c4)OCCO5)nn32)c1=O. The minimum atomic E-state index is -0.443. The molecule has 0 saturated heterocycles. The average Bonchev–Trinajstić information content (AvgIpc) is 3.23. The van der Waals surface area contributed by atoms with E-state index in [-0.39, 0.29) is 6.61 Å². The molecule has 0 atom stereocenters. The molecule has 1 aromatic carbocycles. The molecule has 11 nitrogen and oxygen atoms in total. The summed E-state index contributed by atoms with van der Waals surface area (Å²) in [5, 5.41) is 5.32. The van der Waals surface area contributed by atoms with Crippen molar-refractivity contribution in [2.75, 3.05) is 32.4 Å². The fraction of sp³-hybridized carbons (Fsp3) is 0.250. The van der Waals surface area contributed by atoms with Gasteiger partial charge in [-0.15, -0.1) is 5.10 Å². The molecule has 3 aromatic heterocycles. The Balaban J connectivity index is 1.40. The number of amides is 1. The number of ether oxygens (including phenoxy) is 3. The molecule has 5 rings (SSSR count). The number of pyridine rings is 1. The third-order valence-corrected chi connectivity index (χ3v) is 5.62. The first kappa shape index (κ1) is 20.3. The second kappa shape index (κ2) is 8.48. The second-order valence-corrected chi connectivity index (χ2v) is 7.83. The Kier molecular flexibility index (Phi) is 5.37. The van der Waals surface area contributed by atoms with Gasteiger partial charge in [-0.1, -0.05) is 17.8 Å². The van der Waals surface area contributed by atoms with E-state index in [1.807, 2.05) is 18.2 Å². The lowest BCUT2D eigenvalue weighted by atomic mass is 10.2. The number of fused-ring (bicyclic) bond motifs is 4. The zero-order valence-corrected chi connectivity index (χ0v) is 17.8. The van der Waals surface area contributed by atoms with Crippen molar-refractivity contribution in [2.45, 2.75) is 10.9 Å². The van der Waals surface area contributed by atoms with Gasteiger partial charge in [0.05, 0.1) is 10.9 Å². The van der Waals surface area contributed by atoms with Crippen LogP contribution >= 0.6 is 11.8 Å². The Morgan fingerprint density at radius 2 is 2.09 bits per heavy atom. The third-order valence-electron chi connectivity index (χ3n) is 4.71. The lowest BCUT2D eigenvalue weighted by molar-refractivity contribution is -0.120. The zero-order chi connectivity index (χ0) is 22.1. The molecule has 1 N–H and O–H groups in total. The molecule has 1 amide bonds. The molecule has 1 aliphatic rings. The molecule has 0 spiro atoms. The summed E-state index contributed by atoms with van der Waals surface area (Å²) in [6.07, 6.45) is 2.89. The van der Waals surface area contributed by atoms with E-state index < -0.39 is 11.5 Å². The lowest BCUT2D eigenvalue weighted by Gasteiger charge is -2.18. The van der Waals surface area contributed by atoms with Crippen LogP contribution in [-0.2, 0) is 15.3 Å². The van der Waals surface area contributed by atoms with Gasteiger partial charge in [-0.2, -0.15) is 9.50 Å². The summed E-state index contributed by atoms with van der Waals surface area (Å²) in [5.41, 5.74) is 3.62. The Morgan fingerprint density at radius 1 is 1.25 bits per heavy atom. The molecule has 0 fully saturated rings. The number of nitrogens with one attached hydrogen (secondary N) is 1. The summed E-state index contributed by atoms with van der Waals surface area (Å²) >= 11 is 1.45. The number of hydrogen-bond donors (Lipinski definition) is 1. The summed E-state index contributed by atoms with van der Waals surface area (Å²) in [5.74, 6) is 2.04. The summed E-state index contributed by atoms with van der Waals surface area (Å²) in [6.45, 7) is 0.931. The van der Waals surface area contributed by atoms with Crippen molar-refractivity contribution in [3.8, 4) is 11.5 Å². The smallest absolute Gasteiger partial charge is 0.280 e. The van der Waals surface area contributed by atoms with Crippen LogP contribution in [0, 0.1) is 0 Å². The van der Waals surface area contributed by atoms with E-state index in [1.165, 1.54) is 35.8 Å². The molecule has 1 aliphatic heterocycles. The van der Waals surface area contributed by atoms with E-state index in [0.29, 0.717) is 40.8 Å². The molecular formula is C20H18N6O5S. The molecule has 12 heteroatoms. The van der Waals surface area contributed by atoms with E-state index in [4.69, 9.17) is 14.2 Å². The normalized spacial score (nSPS) is 12.9. The Morgan fingerprint density at radius 3 is 2.94 bits per heavy atom. The minimum Gasteiger partial charge on any atom is -0.486 e. The first-order valence-corrected chi connectivity index (χ1v) is 10.7. The van der Waals surface area contributed by atoms with Crippen LogP contribution < -0.4 is 20.5 Å². The highest BCUT2D eigenvalue weighted by molar-refractivity contribution is 7.98. The summed E-state index contributed by atoms with van der Waals surface area (Å²) < 4.78 is 18.6. The first-order chi connectivity index (χ1) is 15.6. The molecule has 32 heavy (non-hydrogen) atoms. The largest absolute Gasteiger partial charge is 0.486 e. The molecule has 164 valence electrons. The van der Waals surface area contributed by atoms with Crippen LogP contribution in [0.3, 0.4) is 0 Å². The van der Waals surface area contributed by atoms with Gasteiger partial charge in [-0.3, -0.25) is 15.0 Å². The van der Waals surface area contributed by atoms with E-state index >= 15 is 0 Å². The Hall–Kier alpha value is -3.64. The van der Waals surface area contributed by atoms with Crippen LogP contribution in [0.4, 0.5) is 0 Å². The van der Waals surface area contributed by atoms with Gasteiger partial charge < -0.3 is 14.2 Å². The van der Waals surface area contributed by atoms with Crippen LogP contribution in [0.5, 0.6) is 11.5 Å². The number of methoxy groups -OCH3 is 1. The maximum atomic E-state index is 12.7. The standard InChI is InChI=1S/C20H18N6O5S/c1-29-10-17(27)23-25-5-4-14-13(18(25)28)9-21-19-22-20(24-26(14)19)32-11-12-2-3-15-16(8-12)31-7-6-30-15/h2-5,8-9H,6-7,10-11H2,1H3,(H,23,27). The zero-order valence-electron chi connectivity index (χ0n) is 17.0. The first-order valence-electron chi connectivity index (χ1n) is 9.69. The lowest BCUT2D eigenvalue weighted by Crippen LogP contribution is -2.34. The predicted molar refractivity (Wildman–Crippen MR) is 116 cm³/mol. The number of hydrogen-bond acceptors (Lipinski definition) is 9. The van der Waals surface area contributed by atoms with Gasteiger partial charge in [0.1, 0.15) is 19.8 Å². The Bertz CT molecular complexity index is 1380. The van der Waals surface area contributed by atoms with Gasteiger partial charge in [0.2, 0.25) is 5.16 Å². The fourth-order valence-electron chi connectivity index (χ4n) is 3.27. The van der Waals surface area contributed by atoms with Crippen molar-refractivity contribution in [3.05, 3.63) is 52.6 Å². The number of benzene rings is 1. The number of carbonyl (C=O) groups is 1. The fourth-order valence-corrected chi connectivity index (χ4v) is 4.03. The molecule has 0 unspecified atom stereocenters. The molecular weight excluding hydrogens is 436 g/mol. The van der Waals surface area contributed by atoms with Crippen LogP contribution in [0.2, 0.25) is 0 Å². The van der Waals surface area contributed by atoms with Crippen molar-refractivity contribution in [2.24, 2.45) is 0 Å². The number of aromatic nitrogens is 5. The Labute approximate surface area is 185 Å². The van der Waals surface area contributed by atoms with E-state index in [0.717, 1.165) is 21.7 Å². The molecule has 4 aromatic rings. The van der Waals surface area contributed by atoms with Crippen LogP contribution in [0.15, 0.2) is 46.6 Å². The van der Waals surface area contributed by atoms with Crippen LogP contribution in [0.1, 0.15) is 5.56 Å². The van der Waals surface area contributed by atoms with Gasteiger partial charge in [0, 0.05) is 25.3 Å². The highest BCUT2D eigenvalue weighted by Gasteiger charge is 2.15. The monoisotopic (exact) mass is 454 g/mol. The number of thioether (sulfide) groups is 1. The maximum Gasteiger partial charge on any atom is 0.280 e. The third kappa shape index (κ3) is 3.85. The van der Waals surface area contributed by atoms with Crippen molar-refractivity contribution in [3.63, 3.8) is 0 Å². The highest BCUT2D eigenvalue weighted by atomic mass is 32.2. The molecule has 0 aliphatic carbocycles. The topological polar surface area (TPSA) is 122 Å². The van der Waals surface area contributed by atoms with Gasteiger partial charge in [0.25, 0.3) is 17.2 Å². The van der Waals surface area contributed by atoms with Crippen molar-refractivity contribution >= 4 is 34.3 Å². The summed E-state index contributed by atoms with van der Waals surface area (Å²) in [6, 6.07) is 7.49. The number of nitrogens with zero attached hydrogens (tertiary/aromatic N) is 5. The quantitative estimate of drug-likeness (QED) is 0.429. The number of rotatable bonds is 6. The number of carbonyl (C=O) groups excluding carboxylic acids is 1. The van der Waals surface area contributed by atoms with E-state index in [2.05, 4.69) is 20.5 Å². The molecule has 0 radical (unpaired) electrons. The van der Waals surface area contributed by atoms with Gasteiger partial charge in [-0.25, -0.2) is 9.66 Å². The van der Waals surface area contributed by atoms with Gasteiger partial charge >= 0.3 is 0 Å². The molecule has 0 bridgehead atoms. The van der Waals surface area contributed by atoms with Gasteiger partial charge in [-0.05, 0) is 23.8 Å². The molecule has 0 saturated carbocycles. The summed E-state index contributed by atoms with van der Waals surface area (Å²) in [7, 11) is 1.40. The van der Waals surface area contributed by atoms with Crippen LogP contribution in [-0.4, -0.2) is 57.1 Å². The summed E-state index contributed by atoms with van der Waals surface area (Å²) in [4.78, 5) is 33.1.